The van der Waals surface area contributed by atoms with Crippen LogP contribution in [0.3, 0.4) is 0 Å². The van der Waals surface area contributed by atoms with E-state index < -0.39 is 5.82 Å². The highest BCUT2D eigenvalue weighted by molar-refractivity contribution is 7.18. The van der Waals surface area contributed by atoms with Gasteiger partial charge in [0.05, 0.1) is 21.1 Å². The number of carbonyl (C=O) groups excluding carboxylic acids is 1. The summed E-state index contributed by atoms with van der Waals surface area (Å²) in [5.74, 6) is -0.141. The van der Waals surface area contributed by atoms with Gasteiger partial charge in [-0.05, 0) is 36.8 Å². The number of hydrogen-bond acceptors (Lipinski definition) is 5. The van der Waals surface area contributed by atoms with Crippen molar-refractivity contribution in [1.29, 1.82) is 5.41 Å². The van der Waals surface area contributed by atoms with Crippen molar-refractivity contribution in [3.05, 3.63) is 62.8 Å². The van der Waals surface area contributed by atoms with Gasteiger partial charge in [-0.2, -0.15) is 0 Å². The van der Waals surface area contributed by atoms with Crippen molar-refractivity contribution in [3.63, 3.8) is 0 Å². The molecule has 0 atom stereocenters. The second-order valence-electron chi connectivity index (χ2n) is 6.54. The Kier molecular flexibility index (Phi) is 5.23. The molecule has 3 aromatic rings. The lowest BCUT2D eigenvalue weighted by molar-refractivity contribution is 0.0986. The van der Waals surface area contributed by atoms with Gasteiger partial charge in [-0.1, -0.05) is 16.8 Å². The molecule has 144 valence electrons. The average Bonchev–Trinajstić information content (AvgIpc) is 3.27. The summed E-state index contributed by atoms with van der Waals surface area (Å²) in [6, 6.07) is 8.06. The molecule has 28 heavy (non-hydrogen) atoms. The summed E-state index contributed by atoms with van der Waals surface area (Å²) < 4.78 is 16.5. The number of hydrogen-bond donors (Lipinski definition) is 1. The third-order valence-corrected chi connectivity index (χ3v) is 5.91. The van der Waals surface area contributed by atoms with Crippen LogP contribution in [0.25, 0.3) is 5.69 Å². The Balaban J connectivity index is 1.43. The monoisotopic (exact) mass is 417 g/mol. The summed E-state index contributed by atoms with van der Waals surface area (Å²) in [7, 11) is 0. The Bertz CT molecular complexity index is 1040. The molecule has 2 aromatic heterocycles. The Morgan fingerprint density at radius 1 is 1.29 bits per heavy atom. The molecule has 4 rings (SSSR count). The molecular formula is C19H17ClFN5OS. The van der Waals surface area contributed by atoms with Gasteiger partial charge in [-0.3, -0.25) is 10.2 Å². The predicted molar refractivity (Wildman–Crippen MR) is 106 cm³/mol. The first-order valence-electron chi connectivity index (χ1n) is 8.85. The molecule has 1 saturated heterocycles. The van der Waals surface area contributed by atoms with Crippen LogP contribution in [0.4, 0.5) is 4.39 Å². The fourth-order valence-corrected chi connectivity index (χ4v) is 3.93. The number of aryl methyl sites for hydroxylation is 1. The van der Waals surface area contributed by atoms with E-state index in [9.17, 15) is 9.18 Å². The number of nitrogens with one attached hydrogen (secondary N) is 1. The maximum atomic E-state index is 14.6. The smallest absolute Gasteiger partial charge is 0.173 e. The molecule has 1 aliphatic heterocycles. The minimum atomic E-state index is -0.469. The highest BCUT2D eigenvalue weighted by Crippen LogP contribution is 2.23. The van der Waals surface area contributed by atoms with E-state index in [1.165, 1.54) is 22.1 Å². The van der Waals surface area contributed by atoms with E-state index in [4.69, 9.17) is 17.0 Å². The lowest BCUT2D eigenvalue weighted by Gasteiger charge is -2.33. The van der Waals surface area contributed by atoms with Crippen molar-refractivity contribution in [2.75, 3.05) is 13.1 Å². The van der Waals surface area contributed by atoms with Crippen LogP contribution >= 0.6 is 22.9 Å². The van der Waals surface area contributed by atoms with Gasteiger partial charge in [0, 0.05) is 31.5 Å². The molecule has 0 unspecified atom stereocenters. The quantitative estimate of drug-likeness (QED) is 0.374. The number of halogens is 2. The number of carbonyl (C=O) groups is 1. The minimum Gasteiger partial charge on any atom is -0.356 e. The van der Waals surface area contributed by atoms with E-state index in [1.54, 1.807) is 30.5 Å². The van der Waals surface area contributed by atoms with Crippen LogP contribution in [-0.2, 0) is 6.42 Å². The summed E-state index contributed by atoms with van der Waals surface area (Å²) in [5.41, 5.74) is 1.41. The fourth-order valence-electron chi connectivity index (χ4n) is 2.92. The predicted octanol–water partition coefficient (Wildman–Crippen LogP) is 3.97. The fraction of sp³-hybridized carbons (Fsp3) is 0.263. The molecule has 1 fully saturated rings. The first-order chi connectivity index (χ1) is 13.5. The van der Waals surface area contributed by atoms with Gasteiger partial charge in [-0.25, -0.2) is 9.07 Å². The van der Waals surface area contributed by atoms with Crippen LogP contribution in [-0.4, -0.2) is 44.6 Å². The zero-order valence-electron chi connectivity index (χ0n) is 14.9. The lowest BCUT2D eigenvalue weighted by Crippen LogP contribution is -2.42. The summed E-state index contributed by atoms with van der Waals surface area (Å²) >= 11 is 7.11. The SMILES string of the molecule is N=C(c1ccc(-n2cc(CCC(=O)c3ccc(Cl)s3)nn2)c(F)c1)N1CCC1. The highest BCUT2D eigenvalue weighted by Gasteiger charge is 2.20. The molecule has 0 radical (unpaired) electrons. The number of rotatable bonds is 6. The van der Waals surface area contributed by atoms with Gasteiger partial charge in [0.2, 0.25) is 0 Å². The van der Waals surface area contributed by atoms with E-state index in [0.29, 0.717) is 32.7 Å². The van der Waals surface area contributed by atoms with Gasteiger partial charge < -0.3 is 4.90 Å². The summed E-state index contributed by atoms with van der Waals surface area (Å²) in [5, 5.41) is 16.1. The zero-order chi connectivity index (χ0) is 19.7. The molecule has 1 aliphatic rings. The number of nitrogens with zero attached hydrogens (tertiary/aromatic N) is 4. The van der Waals surface area contributed by atoms with Crippen LogP contribution < -0.4 is 0 Å². The number of aromatic nitrogens is 3. The van der Waals surface area contributed by atoms with Crippen molar-refractivity contribution in [2.45, 2.75) is 19.3 Å². The molecule has 3 heterocycles. The number of ketones is 1. The summed E-state index contributed by atoms with van der Waals surface area (Å²) in [4.78, 5) is 14.7. The van der Waals surface area contributed by atoms with Crippen LogP contribution in [0.2, 0.25) is 4.34 Å². The number of benzene rings is 1. The maximum Gasteiger partial charge on any atom is 0.173 e. The Morgan fingerprint density at radius 2 is 2.11 bits per heavy atom. The van der Waals surface area contributed by atoms with E-state index in [0.717, 1.165) is 19.5 Å². The summed E-state index contributed by atoms with van der Waals surface area (Å²) in [6.45, 7) is 1.68. The van der Waals surface area contributed by atoms with Gasteiger partial charge in [0.25, 0.3) is 0 Å². The standard InChI is InChI=1S/C19H17ClFN5OS/c20-18-7-6-17(28-18)16(27)5-3-13-11-26(24-23-13)15-4-2-12(10-14(15)21)19(22)25-8-1-9-25/h2,4,6-7,10-11,22H,1,3,5,8-9H2. The van der Waals surface area contributed by atoms with Gasteiger partial charge >= 0.3 is 0 Å². The molecule has 6 nitrogen and oxygen atoms in total. The van der Waals surface area contributed by atoms with E-state index in [-0.39, 0.29) is 17.9 Å². The lowest BCUT2D eigenvalue weighted by atomic mass is 10.1. The molecule has 0 aliphatic carbocycles. The molecule has 0 amide bonds. The van der Waals surface area contributed by atoms with Gasteiger partial charge in [0.15, 0.2) is 5.78 Å². The molecule has 0 saturated carbocycles. The number of amidine groups is 1. The van der Waals surface area contributed by atoms with Crippen molar-refractivity contribution < 1.29 is 9.18 Å². The molecule has 0 bridgehead atoms. The van der Waals surface area contributed by atoms with Crippen molar-refractivity contribution in [2.24, 2.45) is 0 Å². The van der Waals surface area contributed by atoms with E-state index in [1.807, 2.05) is 4.90 Å². The molecular weight excluding hydrogens is 401 g/mol. The van der Waals surface area contributed by atoms with E-state index in [2.05, 4.69) is 10.3 Å². The Labute approximate surface area is 170 Å². The minimum absolute atomic E-state index is 0.00788. The average molecular weight is 418 g/mol. The van der Waals surface area contributed by atoms with Crippen molar-refractivity contribution in [1.82, 2.24) is 19.9 Å². The van der Waals surface area contributed by atoms with Crippen LogP contribution in [0.15, 0.2) is 36.5 Å². The third kappa shape index (κ3) is 3.83. The molecule has 1 N–H and O–H groups in total. The van der Waals surface area contributed by atoms with Crippen LogP contribution in [0.1, 0.15) is 33.8 Å². The number of likely N-dealkylation sites (tertiary alicyclic amines) is 1. The number of thiophene rings is 1. The van der Waals surface area contributed by atoms with Crippen LogP contribution in [0, 0.1) is 11.2 Å². The first kappa shape index (κ1) is 18.8. The highest BCUT2D eigenvalue weighted by atomic mass is 35.5. The topological polar surface area (TPSA) is 74.9 Å². The molecule has 0 spiro atoms. The second kappa shape index (κ2) is 7.81. The van der Waals surface area contributed by atoms with Crippen LogP contribution in [0.5, 0.6) is 0 Å². The second-order valence-corrected chi connectivity index (χ2v) is 8.25. The molecule has 9 heteroatoms. The molecule has 1 aromatic carbocycles. The third-order valence-electron chi connectivity index (χ3n) is 4.64. The maximum absolute atomic E-state index is 14.6. The largest absolute Gasteiger partial charge is 0.356 e. The van der Waals surface area contributed by atoms with Crippen molar-refractivity contribution in [3.8, 4) is 5.69 Å². The zero-order valence-corrected chi connectivity index (χ0v) is 16.4. The Hall–Kier alpha value is -2.58. The van der Waals surface area contributed by atoms with Gasteiger partial charge in [-0.15, -0.1) is 16.4 Å². The first-order valence-corrected chi connectivity index (χ1v) is 10.0. The number of Topliss-reactive ketones (excluding diaryl/α,β-unsaturated/α-hetero) is 1. The van der Waals surface area contributed by atoms with Gasteiger partial charge in [0.1, 0.15) is 17.3 Å². The summed E-state index contributed by atoms with van der Waals surface area (Å²) in [6.07, 6.45) is 3.37. The van der Waals surface area contributed by atoms with E-state index >= 15 is 0 Å². The Morgan fingerprint density at radius 3 is 2.75 bits per heavy atom. The van der Waals surface area contributed by atoms with Crippen molar-refractivity contribution >= 4 is 34.6 Å². The normalized spacial score (nSPS) is 13.4.